The van der Waals surface area contributed by atoms with E-state index < -0.39 is 41.4 Å². The summed E-state index contributed by atoms with van der Waals surface area (Å²) in [5.74, 6) is -4.44. The summed E-state index contributed by atoms with van der Waals surface area (Å²) in [5.41, 5.74) is 3.03. The van der Waals surface area contributed by atoms with Gasteiger partial charge in [0, 0.05) is 55.5 Å². The van der Waals surface area contributed by atoms with Crippen LogP contribution in [0.3, 0.4) is 0 Å². The third kappa shape index (κ3) is 12.5. The minimum atomic E-state index is -0.989. The number of nitrogens with one attached hydrogen (secondary N) is 1. The summed E-state index contributed by atoms with van der Waals surface area (Å²) in [5, 5.41) is 39.2. The molecule has 1 aliphatic rings. The molecular formula is C47H48F2N8O7S2. The van der Waals surface area contributed by atoms with Gasteiger partial charge < -0.3 is 15.5 Å². The topological polar surface area (TPSA) is 199 Å². The average Bonchev–Trinajstić information content (AvgIpc) is 3.98. The van der Waals surface area contributed by atoms with E-state index >= 15 is 0 Å². The zero-order valence-corrected chi connectivity index (χ0v) is 38.0. The smallest absolute Gasteiger partial charge is 0.309 e. The standard InChI is InChI=1S/C24H25FN4O4S.C23H23FN4O3S/c1-3-4-13-29(23(33)18-7-5-6-8-19(18)25)24-28-27-22(34-24)17-11-9-16(10-12-17)21(32)26-15(2)14-20(30)31;1-2-11-28(21(29)18-5-3-4-6-19(18)24)23-26-25-20(32-23)16-9-7-15(8-10-16)12-27-13-17(14-27)22(30)31/h5-12,15H,3-4,13-14H2,1-2H3,(H,26,32)(H,30,31);3-10,17H,2,11-14H2,1H3,(H,30,31)/t15-;/m1./s1. The number of rotatable bonds is 18. The van der Waals surface area contributed by atoms with Gasteiger partial charge in [0.1, 0.15) is 21.6 Å². The van der Waals surface area contributed by atoms with Gasteiger partial charge in [0.15, 0.2) is 0 Å². The van der Waals surface area contributed by atoms with Gasteiger partial charge in [-0.05, 0) is 61.7 Å². The minimum Gasteiger partial charge on any atom is -0.481 e. The lowest BCUT2D eigenvalue weighted by Gasteiger charge is -2.36. The van der Waals surface area contributed by atoms with Crippen LogP contribution in [0, 0.1) is 17.6 Å². The second-order valence-electron chi connectivity index (χ2n) is 15.5. The first-order valence-corrected chi connectivity index (χ1v) is 22.9. The van der Waals surface area contributed by atoms with E-state index in [0.717, 1.165) is 24.0 Å². The number of aliphatic carboxylic acids is 2. The SMILES string of the molecule is CCCCN(C(=O)c1ccccc1F)c1nnc(-c2ccc(C(=O)N[C@H](C)CC(=O)O)cc2)s1.CCCN(C(=O)c1ccccc1F)c1nnc(-c2ccc(CN3CC(C(=O)O)C3)cc2)s1. The zero-order chi connectivity index (χ0) is 47.3. The molecule has 0 radical (unpaired) electrons. The van der Waals surface area contributed by atoms with Crippen molar-refractivity contribution in [3.63, 3.8) is 0 Å². The molecule has 0 spiro atoms. The van der Waals surface area contributed by atoms with Gasteiger partial charge in [-0.1, -0.05) is 104 Å². The molecule has 1 atom stereocenters. The predicted octanol–water partition coefficient (Wildman–Crippen LogP) is 8.30. The highest BCUT2D eigenvalue weighted by atomic mass is 32.1. The van der Waals surface area contributed by atoms with Crippen LogP contribution in [0.4, 0.5) is 19.0 Å². The molecule has 0 unspecified atom stereocenters. The van der Waals surface area contributed by atoms with E-state index in [4.69, 9.17) is 10.2 Å². The third-order valence-electron chi connectivity index (χ3n) is 10.3. The lowest BCUT2D eigenvalue weighted by molar-refractivity contribution is -0.147. The first-order valence-electron chi connectivity index (χ1n) is 21.2. The Morgan fingerprint density at radius 3 is 1.68 bits per heavy atom. The lowest BCUT2D eigenvalue weighted by Crippen LogP contribution is -2.49. The van der Waals surface area contributed by atoms with E-state index in [1.165, 1.54) is 62.8 Å². The van der Waals surface area contributed by atoms with Crippen molar-refractivity contribution in [2.75, 3.05) is 36.0 Å². The Balaban J connectivity index is 0.000000219. The summed E-state index contributed by atoms with van der Waals surface area (Å²) in [7, 11) is 0. The van der Waals surface area contributed by atoms with Gasteiger partial charge in [-0.2, -0.15) is 0 Å². The Labute approximate surface area is 387 Å². The highest BCUT2D eigenvalue weighted by Crippen LogP contribution is 2.32. The van der Waals surface area contributed by atoms with Crippen LogP contribution in [-0.4, -0.2) is 97.4 Å². The van der Waals surface area contributed by atoms with Crippen LogP contribution >= 0.6 is 22.7 Å². The zero-order valence-electron chi connectivity index (χ0n) is 36.4. The maximum absolute atomic E-state index is 14.2. The van der Waals surface area contributed by atoms with Crippen LogP contribution in [0.15, 0.2) is 97.1 Å². The van der Waals surface area contributed by atoms with Crippen molar-refractivity contribution >= 4 is 62.6 Å². The Morgan fingerprint density at radius 1 is 0.712 bits per heavy atom. The fraction of sp³-hybridized carbons (Fsp3) is 0.298. The van der Waals surface area contributed by atoms with Gasteiger partial charge in [-0.3, -0.25) is 38.7 Å². The van der Waals surface area contributed by atoms with Gasteiger partial charge in [-0.15, -0.1) is 20.4 Å². The fourth-order valence-electron chi connectivity index (χ4n) is 6.80. The van der Waals surface area contributed by atoms with Crippen molar-refractivity contribution in [2.24, 2.45) is 5.92 Å². The molecule has 3 amide bonds. The molecule has 1 saturated heterocycles. The Hall–Kier alpha value is -6.83. The van der Waals surface area contributed by atoms with Gasteiger partial charge in [0.2, 0.25) is 10.3 Å². The number of carboxylic acids is 2. The molecule has 6 aromatic rings. The van der Waals surface area contributed by atoms with Gasteiger partial charge in [0.25, 0.3) is 17.7 Å². The Bertz CT molecular complexity index is 2640. The van der Waals surface area contributed by atoms with Crippen LogP contribution in [0.5, 0.6) is 0 Å². The molecule has 2 aromatic heterocycles. The van der Waals surface area contributed by atoms with Crippen molar-refractivity contribution < 1.29 is 43.0 Å². The molecule has 0 aliphatic carbocycles. The molecule has 19 heteroatoms. The number of carboxylic acid groups (broad SMARTS) is 2. The summed E-state index contributed by atoms with van der Waals surface area (Å²) < 4.78 is 28.3. The Morgan fingerprint density at radius 2 is 1.21 bits per heavy atom. The number of carbonyl (C=O) groups excluding carboxylic acids is 3. The van der Waals surface area contributed by atoms with Crippen LogP contribution < -0.4 is 15.1 Å². The van der Waals surface area contributed by atoms with E-state index in [1.54, 1.807) is 49.4 Å². The highest BCUT2D eigenvalue weighted by Gasteiger charge is 2.32. The molecule has 1 fully saturated rings. The molecule has 4 aromatic carbocycles. The molecule has 344 valence electrons. The Kier molecular flexibility index (Phi) is 16.9. The average molecular weight is 939 g/mol. The molecule has 0 bridgehead atoms. The number of hydrogen-bond donors (Lipinski definition) is 3. The molecule has 7 rings (SSSR count). The van der Waals surface area contributed by atoms with Crippen molar-refractivity contribution in [3.8, 4) is 21.1 Å². The maximum Gasteiger partial charge on any atom is 0.309 e. The van der Waals surface area contributed by atoms with Gasteiger partial charge in [-0.25, -0.2) is 8.78 Å². The maximum atomic E-state index is 14.2. The van der Waals surface area contributed by atoms with E-state index in [0.29, 0.717) is 70.5 Å². The van der Waals surface area contributed by atoms with Gasteiger partial charge in [0.05, 0.1) is 23.5 Å². The molecular weight excluding hydrogens is 891 g/mol. The molecule has 0 saturated carbocycles. The van der Waals surface area contributed by atoms with Crippen molar-refractivity contribution in [2.45, 2.75) is 59.0 Å². The number of nitrogens with zero attached hydrogens (tertiary/aromatic N) is 7. The van der Waals surface area contributed by atoms with Crippen molar-refractivity contribution in [3.05, 3.63) is 131 Å². The summed E-state index contributed by atoms with van der Waals surface area (Å²) >= 11 is 2.49. The number of hydrogen-bond acceptors (Lipinski definition) is 12. The molecule has 3 N–H and O–H groups in total. The number of amides is 3. The number of unbranched alkanes of at least 4 members (excludes halogenated alkanes) is 1. The lowest BCUT2D eigenvalue weighted by atomic mass is 9.99. The fourth-order valence-corrected chi connectivity index (χ4v) is 8.55. The van der Waals surface area contributed by atoms with E-state index in [2.05, 4.69) is 30.6 Å². The normalized spacial score (nSPS) is 12.9. The van der Waals surface area contributed by atoms with E-state index in [-0.39, 0.29) is 29.4 Å². The van der Waals surface area contributed by atoms with E-state index in [1.807, 2.05) is 38.1 Å². The second kappa shape index (κ2) is 22.9. The quantitative estimate of drug-likeness (QED) is 0.0746. The summed E-state index contributed by atoms with van der Waals surface area (Å²) in [4.78, 5) is 65.0. The number of carbonyl (C=O) groups is 5. The monoisotopic (exact) mass is 938 g/mol. The molecule has 1 aliphatic heterocycles. The van der Waals surface area contributed by atoms with Crippen LogP contribution in [0.2, 0.25) is 0 Å². The molecule has 15 nitrogen and oxygen atoms in total. The first kappa shape index (κ1) is 48.6. The van der Waals surface area contributed by atoms with Crippen LogP contribution in [0.1, 0.15) is 83.1 Å². The predicted molar refractivity (Wildman–Crippen MR) is 248 cm³/mol. The number of halogens is 2. The minimum absolute atomic E-state index is 0.0122. The summed E-state index contributed by atoms with van der Waals surface area (Å²) in [6, 6.07) is 25.7. The number of aromatic nitrogens is 4. The summed E-state index contributed by atoms with van der Waals surface area (Å²) in [6.07, 6.45) is 2.10. The largest absolute Gasteiger partial charge is 0.481 e. The van der Waals surface area contributed by atoms with Crippen molar-refractivity contribution in [1.29, 1.82) is 0 Å². The van der Waals surface area contributed by atoms with E-state index in [9.17, 15) is 32.8 Å². The van der Waals surface area contributed by atoms with Crippen molar-refractivity contribution in [1.82, 2.24) is 30.6 Å². The first-order chi connectivity index (χ1) is 31.8. The second-order valence-corrected chi connectivity index (χ2v) is 17.4. The summed E-state index contributed by atoms with van der Waals surface area (Å²) in [6.45, 7) is 8.19. The van der Waals surface area contributed by atoms with Crippen LogP contribution in [-0.2, 0) is 16.1 Å². The molecule has 3 heterocycles. The van der Waals surface area contributed by atoms with Crippen LogP contribution in [0.25, 0.3) is 21.1 Å². The van der Waals surface area contributed by atoms with Gasteiger partial charge >= 0.3 is 11.9 Å². The number of likely N-dealkylation sites (tertiary alicyclic amines) is 1. The number of anilines is 2. The highest BCUT2D eigenvalue weighted by molar-refractivity contribution is 7.19. The molecule has 66 heavy (non-hydrogen) atoms. The number of benzene rings is 4. The third-order valence-corrected chi connectivity index (χ3v) is 12.3.